The zero-order valence-corrected chi connectivity index (χ0v) is 16.7. The molecule has 1 aromatic carbocycles. The maximum atomic E-state index is 13.3. The lowest BCUT2D eigenvalue weighted by molar-refractivity contribution is -0.120. The second-order valence-electron chi connectivity index (χ2n) is 6.68. The van der Waals surface area contributed by atoms with Crippen LogP contribution in [0.2, 0.25) is 0 Å². The van der Waals surface area contributed by atoms with Gasteiger partial charge in [-0.3, -0.25) is 14.7 Å². The van der Waals surface area contributed by atoms with Gasteiger partial charge in [0.15, 0.2) is 5.65 Å². The Hall–Kier alpha value is -3.77. The Morgan fingerprint density at radius 3 is 2.80 bits per heavy atom. The standard InChI is InChI=1S/C21H16FN5O2S/c1-12-16(21(29)27-20(25-12)14(10-23)11-24-27)9-18(28)26-19(17-3-2-8-30-17)13-4-6-15(22)7-5-13/h2-8,11,19,24H,9H2,1H3,(H,26,28)/t19-/m0/s1. The van der Waals surface area contributed by atoms with Gasteiger partial charge in [-0.25, -0.2) is 13.9 Å². The molecule has 1 atom stereocenters. The van der Waals surface area contributed by atoms with Crippen LogP contribution in [0.4, 0.5) is 4.39 Å². The number of hydrogen-bond acceptors (Lipinski definition) is 5. The van der Waals surface area contributed by atoms with E-state index in [0.29, 0.717) is 5.69 Å². The number of aryl methyl sites for hydroxylation is 1. The SMILES string of the molecule is Cc1nc2c(C#N)c[nH]n2c(=O)c1CC(=O)N[C@@H](c1ccc(F)cc1)c1cccs1. The van der Waals surface area contributed by atoms with E-state index in [4.69, 9.17) is 5.26 Å². The summed E-state index contributed by atoms with van der Waals surface area (Å²) in [5, 5.41) is 16.6. The number of amides is 1. The Bertz CT molecular complexity index is 1320. The molecule has 7 nitrogen and oxygen atoms in total. The molecule has 0 saturated heterocycles. The molecule has 0 aliphatic rings. The van der Waals surface area contributed by atoms with Crippen molar-refractivity contribution in [3.05, 3.63) is 91.4 Å². The highest BCUT2D eigenvalue weighted by Crippen LogP contribution is 2.26. The van der Waals surface area contributed by atoms with Crippen LogP contribution in [0.15, 0.2) is 52.8 Å². The highest BCUT2D eigenvalue weighted by molar-refractivity contribution is 7.10. The van der Waals surface area contributed by atoms with E-state index in [2.05, 4.69) is 15.4 Å². The van der Waals surface area contributed by atoms with Crippen LogP contribution in [0.3, 0.4) is 0 Å². The van der Waals surface area contributed by atoms with Crippen LogP contribution in [0.1, 0.15) is 33.3 Å². The number of hydrogen-bond donors (Lipinski definition) is 2. The molecule has 30 heavy (non-hydrogen) atoms. The Balaban J connectivity index is 1.64. The molecule has 2 N–H and O–H groups in total. The van der Waals surface area contributed by atoms with Crippen LogP contribution in [-0.4, -0.2) is 20.5 Å². The molecular weight excluding hydrogens is 405 g/mol. The predicted molar refractivity (Wildman–Crippen MR) is 110 cm³/mol. The van der Waals surface area contributed by atoms with Crippen LogP contribution < -0.4 is 10.9 Å². The number of halogens is 1. The van der Waals surface area contributed by atoms with Gasteiger partial charge in [0.2, 0.25) is 5.91 Å². The molecule has 0 radical (unpaired) electrons. The van der Waals surface area contributed by atoms with Crippen LogP contribution in [0.5, 0.6) is 0 Å². The van der Waals surface area contributed by atoms with Crippen molar-refractivity contribution >= 4 is 22.9 Å². The average Bonchev–Trinajstić information content (AvgIpc) is 3.40. The van der Waals surface area contributed by atoms with Crippen molar-refractivity contribution in [2.45, 2.75) is 19.4 Å². The first kappa shape index (κ1) is 19.5. The van der Waals surface area contributed by atoms with E-state index in [-0.39, 0.29) is 34.9 Å². The molecule has 0 spiro atoms. The second-order valence-corrected chi connectivity index (χ2v) is 7.66. The Morgan fingerprint density at radius 1 is 1.37 bits per heavy atom. The monoisotopic (exact) mass is 421 g/mol. The first-order valence-corrected chi connectivity index (χ1v) is 9.94. The van der Waals surface area contributed by atoms with E-state index in [9.17, 15) is 14.0 Å². The van der Waals surface area contributed by atoms with Gasteiger partial charge in [-0.15, -0.1) is 11.3 Å². The number of nitriles is 1. The van der Waals surface area contributed by atoms with Crippen molar-refractivity contribution in [1.82, 2.24) is 19.9 Å². The highest BCUT2D eigenvalue weighted by atomic mass is 32.1. The number of thiophene rings is 1. The molecule has 0 unspecified atom stereocenters. The fraction of sp³-hybridized carbons (Fsp3) is 0.143. The molecule has 3 heterocycles. The number of aromatic amines is 1. The molecule has 3 aromatic heterocycles. The topological polar surface area (TPSA) is 103 Å². The minimum absolute atomic E-state index is 0.176. The summed E-state index contributed by atoms with van der Waals surface area (Å²) >= 11 is 1.47. The minimum Gasteiger partial charge on any atom is -0.344 e. The minimum atomic E-state index is -0.464. The average molecular weight is 421 g/mol. The third-order valence-corrected chi connectivity index (χ3v) is 5.69. The summed E-state index contributed by atoms with van der Waals surface area (Å²) in [6.45, 7) is 1.63. The fourth-order valence-electron chi connectivity index (χ4n) is 3.24. The summed E-state index contributed by atoms with van der Waals surface area (Å²) < 4.78 is 14.5. The summed E-state index contributed by atoms with van der Waals surface area (Å²) in [5.41, 5.74) is 1.41. The molecule has 150 valence electrons. The van der Waals surface area contributed by atoms with Gasteiger partial charge < -0.3 is 5.32 Å². The van der Waals surface area contributed by atoms with Gasteiger partial charge in [-0.1, -0.05) is 18.2 Å². The van der Waals surface area contributed by atoms with E-state index >= 15 is 0 Å². The molecule has 4 rings (SSSR count). The molecule has 0 aliphatic carbocycles. The summed E-state index contributed by atoms with van der Waals surface area (Å²) in [4.78, 5) is 30.8. The fourth-order valence-corrected chi connectivity index (χ4v) is 4.05. The smallest absolute Gasteiger partial charge is 0.276 e. The number of rotatable bonds is 5. The quantitative estimate of drug-likeness (QED) is 0.517. The van der Waals surface area contributed by atoms with Gasteiger partial charge in [-0.2, -0.15) is 5.26 Å². The van der Waals surface area contributed by atoms with E-state index in [1.807, 2.05) is 23.6 Å². The van der Waals surface area contributed by atoms with Crippen LogP contribution >= 0.6 is 11.3 Å². The summed E-state index contributed by atoms with van der Waals surface area (Å²) in [7, 11) is 0. The second kappa shape index (κ2) is 7.93. The number of benzene rings is 1. The maximum Gasteiger partial charge on any atom is 0.276 e. The largest absolute Gasteiger partial charge is 0.344 e. The van der Waals surface area contributed by atoms with E-state index in [1.54, 1.807) is 19.1 Å². The number of aromatic nitrogens is 3. The lowest BCUT2D eigenvalue weighted by atomic mass is 10.0. The number of fused-ring (bicyclic) bond motifs is 1. The summed E-state index contributed by atoms with van der Waals surface area (Å²) in [6, 6.07) is 11.2. The highest BCUT2D eigenvalue weighted by Gasteiger charge is 2.21. The van der Waals surface area contributed by atoms with Gasteiger partial charge in [0.25, 0.3) is 5.56 Å². The number of H-pyrrole nitrogens is 1. The molecule has 0 saturated carbocycles. The van der Waals surface area contributed by atoms with E-state index in [1.165, 1.54) is 29.7 Å². The van der Waals surface area contributed by atoms with Gasteiger partial charge in [0, 0.05) is 22.3 Å². The Labute approximate surface area is 174 Å². The molecule has 4 aromatic rings. The van der Waals surface area contributed by atoms with E-state index in [0.717, 1.165) is 15.0 Å². The molecule has 0 bridgehead atoms. The lowest BCUT2D eigenvalue weighted by Crippen LogP contribution is -2.33. The Kier molecular flexibility index (Phi) is 5.16. The van der Waals surface area contributed by atoms with Crippen molar-refractivity contribution in [1.29, 1.82) is 5.26 Å². The first-order chi connectivity index (χ1) is 14.5. The molecule has 0 fully saturated rings. The van der Waals surface area contributed by atoms with Crippen molar-refractivity contribution in [3.8, 4) is 6.07 Å². The maximum absolute atomic E-state index is 13.3. The van der Waals surface area contributed by atoms with Crippen LogP contribution in [-0.2, 0) is 11.2 Å². The van der Waals surface area contributed by atoms with Crippen LogP contribution in [0.25, 0.3) is 5.65 Å². The van der Waals surface area contributed by atoms with E-state index < -0.39 is 11.6 Å². The van der Waals surface area contributed by atoms with Gasteiger partial charge in [0.1, 0.15) is 17.4 Å². The number of carbonyl (C=O) groups is 1. The summed E-state index contributed by atoms with van der Waals surface area (Å²) in [5.74, 6) is -0.729. The molecule has 1 amide bonds. The van der Waals surface area contributed by atoms with Crippen molar-refractivity contribution in [2.75, 3.05) is 0 Å². The number of nitrogens with one attached hydrogen (secondary N) is 2. The van der Waals surface area contributed by atoms with Crippen LogP contribution in [0, 0.1) is 24.1 Å². The molecule has 9 heteroatoms. The van der Waals surface area contributed by atoms with Gasteiger partial charge >= 0.3 is 0 Å². The van der Waals surface area contributed by atoms with Crippen molar-refractivity contribution in [3.63, 3.8) is 0 Å². The molecule has 0 aliphatic heterocycles. The zero-order chi connectivity index (χ0) is 21.3. The van der Waals surface area contributed by atoms with Crippen molar-refractivity contribution < 1.29 is 9.18 Å². The first-order valence-electron chi connectivity index (χ1n) is 9.06. The van der Waals surface area contributed by atoms with Crippen molar-refractivity contribution in [2.24, 2.45) is 0 Å². The van der Waals surface area contributed by atoms with Gasteiger partial charge in [0.05, 0.1) is 12.5 Å². The molecular formula is C21H16FN5O2S. The third-order valence-electron chi connectivity index (χ3n) is 4.76. The number of carbonyl (C=O) groups excluding carboxylic acids is 1. The lowest BCUT2D eigenvalue weighted by Gasteiger charge is -2.18. The predicted octanol–water partition coefficient (Wildman–Crippen LogP) is 2.85. The third kappa shape index (κ3) is 3.60. The number of nitrogens with zero attached hydrogens (tertiary/aromatic N) is 3. The summed E-state index contributed by atoms with van der Waals surface area (Å²) in [6.07, 6.45) is 1.22. The zero-order valence-electron chi connectivity index (χ0n) is 15.8. The van der Waals surface area contributed by atoms with Gasteiger partial charge in [-0.05, 0) is 36.1 Å². The normalized spacial score (nSPS) is 11.9. The Morgan fingerprint density at radius 2 is 2.13 bits per heavy atom.